The highest BCUT2D eigenvalue weighted by molar-refractivity contribution is 6.46. The normalized spacial score (nSPS) is 14.4. The summed E-state index contributed by atoms with van der Waals surface area (Å²) in [5, 5.41) is 13.5. The number of β-lactam (4-membered cyclic amide) rings is 1. The number of aromatic amines is 1. The van der Waals surface area contributed by atoms with Crippen LogP contribution in [0.2, 0.25) is 0 Å². The molecule has 1 saturated heterocycles. The van der Waals surface area contributed by atoms with Gasteiger partial charge in [-0.1, -0.05) is 5.16 Å². The van der Waals surface area contributed by atoms with Crippen LogP contribution in [0.25, 0.3) is 0 Å². The van der Waals surface area contributed by atoms with Crippen LogP contribution >= 0.6 is 11.6 Å². The van der Waals surface area contributed by atoms with Crippen LogP contribution in [0.15, 0.2) is 11.4 Å². The van der Waals surface area contributed by atoms with E-state index in [1.54, 1.807) is 0 Å². The largest absolute Gasteiger partial charge is 0.398 e. The fourth-order valence-electron chi connectivity index (χ4n) is 1.65. The maximum Gasteiger partial charge on any atom is 0.292 e. The molecular formula is C11H13ClN6O4. The molecule has 0 spiro atoms. The maximum atomic E-state index is 12.2. The highest BCUT2D eigenvalue weighted by atomic mass is 35.5. The Kier molecular flexibility index (Phi) is 4.94. The minimum atomic E-state index is -0.669. The Hall–Kier alpha value is -2.62. The van der Waals surface area contributed by atoms with Crippen molar-refractivity contribution in [2.45, 2.75) is 6.42 Å². The van der Waals surface area contributed by atoms with Gasteiger partial charge in [0.15, 0.2) is 5.71 Å². The third kappa shape index (κ3) is 3.34. The lowest BCUT2D eigenvalue weighted by Crippen LogP contribution is -2.55. The van der Waals surface area contributed by atoms with E-state index in [1.165, 1.54) is 13.3 Å². The molecule has 0 bridgehead atoms. The number of hydrogen-bond donors (Lipinski definition) is 3. The van der Waals surface area contributed by atoms with E-state index in [9.17, 15) is 14.4 Å². The van der Waals surface area contributed by atoms with E-state index in [4.69, 9.17) is 11.6 Å². The van der Waals surface area contributed by atoms with E-state index in [-0.39, 0.29) is 28.9 Å². The van der Waals surface area contributed by atoms with Gasteiger partial charge >= 0.3 is 0 Å². The first kappa shape index (κ1) is 15.8. The summed E-state index contributed by atoms with van der Waals surface area (Å²) in [6.45, 7) is 0.423. The lowest BCUT2D eigenvalue weighted by Gasteiger charge is -2.30. The van der Waals surface area contributed by atoms with Crippen molar-refractivity contribution in [3.63, 3.8) is 0 Å². The van der Waals surface area contributed by atoms with E-state index in [1.807, 2.05) is 0 Å². The van der Waals surface area contributed by atoms with Gasteiger partial charge in [0.05, 0.1) is 18.3 Å². The molecule has 2 rings (SSSR count). The van der Waals surface area contributed by atoms with Crippen molar-refractivity contribution in [3.8, 4) is 0 Å². The monoisotopic (exact) mass is 328 g/mol. The maximum absolute atomic E-state index is 12.2. The second kappa shape index (κ2) is 6.89. The van der Waals surface area contributed by atoms with E-state index >= 15 is 0 Å². The van der Waals surface area contributed by atoms with Crippen LogP contribution in [0.1, 0.15) is 12.0 Å². The number of oxime groups is 1. The number of anilines is 1. The number of carbonyl (C=O) groups excluding carboxylic acids is 3. The highest BCUT2D eigenvalue weighted by Gasteiger charge is 2.29. The summed E-state index contributed by atoms with van der Waals surface area (Å²) in [7, 11) is 1.26. The molecule has 22 heavy (non-hydrogen) atoms. The molecule has 0 radical (unpaired) electrons. The third-order valence-corrected chi connectivity index (χ3v) is 3.01. The third-order valence-electron chi connectivity index (χ3n) is 2.76. The molecule has 1 aromatic rings. The van der Waals surface area contributed by atoms with Gasteiger partial charge in [0, 0.05) is 6.42 Å². The predicted molar refractivity (Wildman–Crippen MR) is 76.0 cm³/mol. The summed E-state index contributed by atoms with van der Waals surface area (Å²) in [4.78, 5) is 39.4. The molecule has 0 aliphatic carbocycles. The summed E-state index contributed by atoms with van der Waals surface area (Å²) in [5.41, 5.74) is 2.44. The molecule has 3 amide bonds. The fourth-order valence-corrected chi connectivity index (χ4v) is 1.71. The van der Waals surface area contributed by atoms with Gasteiger partial charge < -0.3 is 10.2 Å². The SMILES string of the molecule is CON=C(C(=O)NN1CCC1=O)c1cn[nH]c1NC(=O)CCl. The molecule has 118 valence electrons. The Morgan fingerprint density at radius 1 is 1.59 bits per heavy atom. The van der Waals surface area contributed by atoms with E-state index in [0.717, 1.165) is 5.01 Å². The average molecular weight is 329 g/mol. The van der Waals surface area contributed by atoms with E-state index in [0.29, 0.717) is 13.0 Å². The molecule has 1 aliphatic heterocycles. The molecule has 10 nitrogen and oxygen atoms in total. The minimum absolute atomic E-state index is 0.145. The second-order valence-corrected chi connectivity index (χ2v) is 4.47. The lowest BCUT2D eigenvalue weighted by atomic mass is 10.2. The molecule has 0 unspecified atom stereocenters. The van der Waals surface area contributed by atoms with Gasteiger partial charge in [-0.2, -0.15) is 5.10 Å². The first-order valence-corrected chi connectivity index (χ1v) is 6.72. The van der Waals surface area contributed by atoms with Crippen LogP contribution in [-0.2, 0) is 19.2 Å². The van der Waals surface area contributed by atoms with Gasteiger partial charge in [-0.3, -0.25) is 29.9 Å². The molecule has 1 aliphatic rings. The second-order valence-electron chi connectivity index (χ2n) is 4.20. The topological polar surface area (TPSA) is 129 Å². The molecule has 0 saturated carbocycles. The van der Waals surface area contributed by atoms with Crippen molar-refractivity contribution in [2.24, 2.45) is 5.16 Å². The van der Waals surface area contributed by atoms with Gasteiger partial charge in [-0.15, -0.1) is 11.6 Å². The summed E-state index contributed by atoms with van der Waals surface area (Å²) in [6.07, 6.45) is 1.67. The predicted octanol–water partition coefficient (Wildman–Crippen LogP) is -0.799. The van der Waals surface area contributed by atoms with E-state index in [2.05, 4.69) is 30.9 Å². The Bertz CT molecular complexity index is 628. The van der Waals surface area contributed by atoms with Crippen molar-refractivity contribution in [2.75, 3.05) is 24.9 Å². The standard InChI is InChI=1S/C11H13ClN6O4/c1-22-17-9(11(21)16-18-3-2-8(18)20)6-5-13-15-10(6)14-7(19)4-12/h5H,2-4H2,1H3,(H,16,21)(H2,13,14,15,19). The number of carbonyl (C=O) groups is 3. The molecule has 2 heterocycles. The Balaban J connectivity index is 2.19. The summed E-state index contributed by atoms with van der Waals surface area (Å²) >= 11 is 5.41. The van der Waals surface area contributed by atoms with Gasteiger partial charge in [0.1, 0.15) is 18.8 Å². The van der Waals surface area contributed by atoms with E-state index < -0.39 is 11.8 Å². The van der Waals surface area contributed by atoms with Crippen molar-refractivity contribution < 1.29 is 19.2 Å². The fraction of sp³-hybridized carbons (Fsp3) is 0.364. The first-order valence-electron chi connectivity index (χ1n) is 6.19. The number of rotatable bonds is 6. The molecular weight excluding hydrogens is 316 g/mol. The van der Waals surface area contributed by atoms with Crippen LogP contribution in [0.5, 0.6) is 0 Å². The zero-order chi connectivity index (χ0) is 16.1. The summed E-state index contributed by atoms with van der Waals surface area (Å²) in [5.74, 6) is -1.47. The van der Waals surface area contributed by atoms with Crippen LogP contribution < -0.4 is 10.7 Å². The number of alkyl halides is 1. The molecule has 11 heteroatoms. The highest BCUT2D eigenvalue weighted by Crippen LogP contribution is 2.14. The van der Waals surface area contributed by atoms with Crippen LogP contribution in [0.3, 0.4) is 0 Å². The number of halogens is 1. The average Bonchev–Trinajstić information content (AvgIpc) is 2.96. The zero-order valence-electron chi connectivity index (χ0n) is 11.6. The Morgan fingerprint density at radius 3 is 2.91 bits per heavy atom. The first-order chi connectivity index (χ1) is 10.6. The molecule has 1 aromatic heterocycles. The smallest absolute Gasteiger partial charge is 0.292 e. The lowest BCUT2D eigenvalue weighted by molar-refractivity contribution is -0.148. The number of amides is 3. The van der Waals surface area contributed by atoms with Crippen LogP contribution in [0, 0.1) is 0 Å². The molecule has 0 aromatic carbocycles. The number of hydrogen-bond acceptors (Lipinski definition) is 6. The number of nitrogens with one attached hydrogen (secondary N) is 3. The number of H-pyrrole nitrogens is 1. The quantitative estimate of drug-likeness (QED) is 0.272. The van der Waals surface area contributed by atoms with Gasteiger partial charge in [-0.25, -0.2) is 0 Å². The number of nitrogens with zero attached hydrogens (tertiary/aromatic N) is 3. The molecule has 3 N–H and O–H groups in total. The van der Waals surface area contributed by atoms with Crippen molar-refractivity contribution in [3.05, 3.63) is 11.8 Å². The van der Waals surface area contributed by atoms with Crippen molar-refractivity contribution >= 4 is 40.9 Å². The zero-order valence-corrected chi connectivity index (χ0v) is 12.3. The van der Waals surface area contributed by atoms with Gasteiger partial charge in [0.25, 0.3) is 5.91 Å². The van der Waals surface area contributed by atoms with Crippen molar-refractivity contribution in [1.29, 1.82) is 0 Å². The summed E-state index contributed by atoms with van der Waals surface area (Å²) < 4.78 is 0. The number of hydrazine groups is 1. The Labute approximate surface area is 129 Å². The minimum Gasteiger partial charge on any atom is -0.398 e. The van der Waals surface area contributed by atoms with Crippen molar-refractivity contribution in [1.82, 2.24) is 20.6 Å². The summed E-state index contributed by atoms with van der Waals surface area (Å²) in [6, 6.07) is 0. The van der Waals surface area contributed by atoms with Gasteiger partial charge in [-0.05, 0) is 0 Å². The molecule has 1 fully saturated rings. The van der Waals surface area contributed by atoms with Gasteiger partial charge in [0.2, 0.25) is 11.8 Å². The number of aromatic nitrogens is 2. The van der Waals surface area contributed by atoms with Crippen LogP contribution in [-0.4, -0.2) is 58.2 Å². The van der Waals surface area contributed by atoms with Crippen LogP contribution in [0.4, 0.5) is 5.82 Å². The Morgan fingerprint density at radius 2 is 2.36 bits per heavy atom. The molecule has 0 atom stereocenters.